The van der Waals surface area contributed by atoms with Gasteiger partial charge in [-0.05, 0) is 49.1 Å². The Hall–Kier alpha value is -3.46. The minimum Gasteiger partial charge on any atom is -0.497 e. The molecule has 2 amide bonds. The summed E-state index contributed by atoms with van der Waals surface area (Å²) in [5, 5.41) is 2.92. The molecule has 2 aromatic rings. The summed E-state index contributed by atoms with van der Waals surface area (Å²) in [5.74, 6) is 2.69. The van der Waals surface area contributed by atoms with Crippen molar-refractivity contribution in [2.45, 2.75) is 32.2 Å². The second-order valence-corrected chi connectivity index (χ2v) is 9.52. The fourth-order valence-electron chi connectivity index (χ4n) is 5.15. The number of benzene rings is 2. The summed E-state index contributed by atoms with van der Waals surface area (Å²) >= 11 is 0. The summed E-state index contributed by atoms with van der Waals surface area (Å²) in [6.07, 6.45) is 2.97. The highest BCUT2D eigenvalue weighted by Crippen LogP contribution is 2.34. The highest BCUT2D eigenvalue weighted by atomic mass is 16.5. The molecule has 0 aliphatic carbocycles. The monoisotopic (exact) mass is 511 g/mol. The first kappa shape index (κ1) is 26.6. The number of carbonyl (C=O) groups is 2. The zero-order chi connectivity index (χ0) is 26.4. The third-order valence-corrected chi connectivity index (χ3v) is 7.17. The van der Waals surface area contributed by atoms with E-state index in [2.05, 4.69) is 10.2 Å². The molecular formula is C28H37N3O6. The molecule has 0 spiro atoms. The van der Waals surface area contributed by atoms with Gasteiger partial charge in [0.05, 0.1) is 34.4 Å². The summed E-state index contributed by atoms with van der Waals surface area (Å²) in [7, 11) is 6.41. The molecule has 1 saturated heterocycles. The van der Waals surface area contributed by atoms with Gasteiger partial charge in [-0.1, -0.05) is 0 Å². The second-order valence-electron chi connectivity index (χ2n) is 9.52. The maximum Gasteiger partial charge on any atom is 0.227 e. The number of rotatable bonds is 9. The van der Waals surface area contributed by atoms with Crippen LogP contribution in [0.3, 0.4) is 0 Å². The minimum absolute atomic E-state index is 0.0545. The van der Waals surface area contributed by atoms with E-state index < -0.39 is 0 Å². The number of nitrogens with one attached hydrogen (secondary N) is 1. The number of anilines is 1. The molecule has 1 atom stereocenters. The van der Waals surface area contributed by atoms with Gasteiger partial charge in [0.1, 0.15) is 11.5 Å². The van der Waals surface area contributed by atoms with Crippen LogP contribution >= 0.6 is 0 Å². The Morgan fingerprint density at radius 3 is 2.22 bits per heavy atom. The molecule has 0 bridgehead atoms. The molecule has 1 fully saturated rings. The van der Waals surface area contributed by atoms with Gasteiger partial charge in [0.2, 0.25) is 11.8 Å². The Morgan fingerprint density at radius 1 is 0.892 bits per heavy atom. The van der Waals surface area contributed by atoms with Crippen molar-refractivity contribution in [1.29, 1.82) is 0 Å². The summed E-state index contributed by atoms with van der Waals surface area (Å²) in [6.45, 7) is 3.45. The van der Waals surface area contributed by atoms with Crippen LogP contribution in [0.1, 0.15) is 30.4 Å². The number of carbonyl (C=O) groups excluding carboxylic acids is 2. The van der Waals surface area contributed by atoms with E-state index in [1.165, 1.54) is 5.56 Å². The smallest absolute Gasteiger partial charge is 0.227 e. The van der Waals surface area contributed by atoms with Crippen LogP contribution in [0.25, 0.3) is 0 Å². The van der Waals surface area contributed by atoms with Crippen LogP contribution in [0.15, 0.2) is 30.3 Å². The van der Waals surface area contributed by atoms with Gasteiger partial charge in [-0.15, -0.1) is 0 Å². The number of nitrogens with zero attached hydrogens (tertiary/aromatic N) is 2. The van der Waals surface area contributed by atoms with E-state index in [1.807, 2.05) is 17.0 Å². The molecule has 9 nitrogen and oxygen atoms in total. The molecule has 200 valence electrons. The third kappa shape index (κ3) is 6.46. The molecule has 0 aromatic heterocycles. The van der Waals surface area contributed by atoms with E-state index in [0.29, 0.717) is 55.5 Å². The Labute approximate surface area is 218 Å². The van der Waals surface area contributed by atoms with Crippen molar-refractivity contribution < 1.29 is 28.5 Å². The Morgan fingerprint density at radius 2 is 1.57 bits per heavy atom. The molecule has 2 heterocycles. The predicted octanol–water partition coefficient (Wildman–Crippen LogP) is 3.35. The van der Waals surface area contributed by atoms with Gasteiger partial charge >= 0.3 is 0 Å². The van der Waals surface area contributed by atoms with Gasteiger partial charge in [-0.3, -0.25) is 9.59 Å². The summed E-state index contributed by atoms with van der Waals surface area (Å²) < 4.78 is 21.4. The van der Waals surface area contributed by atoms with Gasteiger partial charge in [-0.25, -0.2) is 0 Å². The number of fused-ring (bicyclic) bond motifs is 1. The molecular weight excluding hydrogens is 474 g/mol. The van der Waals surface area contributed by atoms with Gasteiger partial charge in [-0.2, -0.15) is 0 Å². The molecule has 0 saturated carbocycles. The molecule has 1 N–H and O–H groups in total. The van der Waals surface area contributed by atoms with Gasteiger partial charge in [0, 0.05) is 56.5 Å². The first-order chi connectivity index (χ1) is 17.9. The standard InChI is InChI=1S/C28H37N3O6/c1-34-23-14-22(15-24(16-23)35-2)29-27(32)8-10-30-9-5-6-20(17-30)28(33)31-11-7-19-12-25(36-3)26(37-4)13-21(19)18-31/h12-16,20H,5-11,17-18H2,1-4H3,(H,29,32). The second kappa shape index (κ2) is 12.2. The Bertz CT molecular complexity index is 1100. The number of hydrogen-bond acceptors (Lipinski definition) is 7. The number of methoxy groups -OCH3 is 4. The van der Waals surface area contributed by atoms with E-state index in [-0.39, 0.29) is 17.7 Å². The Kier molecular flexibility index (Phi) is 8.76. The van der Waals surface area contributed by atoms with Gasteiger partial charge < -0.3 is 34.1 Å². The molecule has 37 heavy (non-hydrogen) atoms. The first-order valence-corrected chi connectivity index (χ1v) is 12.7. The summed E-state index contributed by atoms with van der Waals surface area (Å²) in [4.78, 5) is 30.2. The van der Waals surface area contributed by atoms with Crippen LogP contribution in [0, 0.1) is 5.92 Å². The normalized spacial score (nSPS) is 17.5. The summed E-state index contributed by atoms with van der Waals surface area (Å²) in [6, 6.07) is 9.29. The third-order valence-electron chi connectivity index (χ3n) is 7.17. The van der Waals surface area contributed by atoms with E-state index in [1.54, 1.807) is 46.6 Å². The highest BCUT2D eigenvalue weighted by Gasteiger charge is 2.31. The van der Waals surface area contributed by atoms with Crippen LogP contribution in [-0.2, 0) is 22.6 Å². The van der Waals surface area contributed by atoms with E-state index in [9.17, 15) is 9.59 Å². The van der Waals surface area contributed by atoms with Crippen LogP contribution in [0.2, 0.25) is 0 Å². The quantitative estimate of drug-likeness (QED) is 0.552. The zero-order valence-electron chi connectivity index (χ0n) is 22.2. The fraction of sp³-hybridized carbons (Fsp3) is 0.500. The van der Waals surface area contributed by atoms with E-state index >= 15 is 0 Å². The maximum atomic E-state index is 13.4. The number of likely N-dealkylation sites (tertiary alicyclic amines) is 1. The van der Waals surface area contributed by atoms with Crippen molar-refractivity contribution in [1.82, 2.24) is 9.80 Å². The lowest BCUT2D eigenvalue weighted by Crippen LogP contribution is -2.46. The minimum atomic E-state index is -0.0826. The Balaban J connectivity index is 1.30. The number of hydrogen-bond donors (Lipinski definition) is 1. The molecule has 0 radical (unpaired) electrons. The van der Waals surface area contributed by atoms with Crippen molar-refractivity contribution in [3.05, 3.63) is 41.5 Å². The predicted molar refractivity (Wildman–Crippen MR) is 141 cm³/mol. The molecule has 1 unspecified atom stereocenters. The largest absolute Gasteiger partial charge is 0.497 e. The van der Waals surface area contributed by atoms with Crippen LogP contribution in [0.5, 0.6) is 23.0 Å². The van der Waals surface area contributed by atoms with Crippen LogP contribution < -0.4 is 24.3 Å². The number of ether oxygens (including phenoxy) is 4. The average molecular weight is 512 g/mol. The van der Waals surface area contributed by atoms with E-state index in [0.717, 1.165) is 37.1 Å². The molecule has 4 rings (SSSR count). The van der Waals surface area contributed by atoms with Crippen molar-refractivity contribution >= 4 is 17.5 Å². The summed E-state index contributed by atoms with van der Waals surface area (Å²) in [5.41, 5.74) is 2.94. The molecule has 2 aliphatic rings. The number of amides is 2. The van der Waals surface area contributed by atoms with Gasteiger partial charge in [0.25, 0.3) is 0 Å². The van der Waals surface area contributed by atoms with Crippen LogP contribution in [0.4, 0.5) is 5.69 Å². The fourth-order valence-corrected chi connectivity index (χ4v) is 5.15. The SMILES string of the molecule is COc1cc(NC(=O)CCN2CCCC(C(=O)N3CCc4cc(OC)c(OC)cc4C3)C2)cc(OC)c1. The van der Waals surface area contributed by atoms with Crippen LogP contribution in [-0.4, -0.2) is 76.2 Å². The number of piperidine rings is 1. The van der Waals surface area contributed by atoms with Gasteiger partial charge in [0.15, 0.2) is 11.5 Å². The highest BCUT2D eigenvalue weighted by molar-refractivity contribution is 5.91. The van der Waals surface area contributed by atoms with Crippen molar-refractivity contribution in [3.8, 4) is 23.0 Å². The van der Waals surface area contributed by atoms with Crippen molar-refractivity contribution in [2.75, 3.05) is 59.9 Å². The molecule has 9 heteroatoms. The average Bonchev–Trinajstić information content (AvgIpc) is 2.94. The molecule has 2 aliphatic heterocycles. The first-order valence-electron chi connectivity index (χ1n) is 12.7. The zero-order valence-corrected chi connectivity index (χ0v) is 22.2. The maximum absolute atomic E-state index is 13.4. The lowest BCUT2D eigenvalue weighted by Gasteiger charge is -2.36. The topological polar surface area (TPSA) is 89.6 Å². The van der Waals surface area contributed by atoms with Crippen molar-refractivity contribution in [2.24, 2.45) is 5.92 Å². The van der Waals surface area contributed by atoms with Crippen molar-refractivity contribution in [3.63, 3.8) is 0 Å². The lowest BCUT2D eigenvalue weighted by atomic mass is 9.93. The lowest BCUT2D eigenvalue weighted by molar-refractivity contribution is -0.138. The molecule has 2 aromatic carbocycles. The van der Waals surface area contributed by atoms with E-state index in [4.69, 9.17) is 18.9 Å².